The van der Waals surface area contributed by atoms with Crippen LogP contribution in [0.1, 0.15) is 53.4 Å². The van der Waals surface area contributed by atoms with E-state index in [9.17, 15) is 5.11 Å². The average Bonchev–Trinajstić information content (AvgIpc) is 2.23. The molecule has 0 aliphatic heterocycles. The summed E-state index contributed by atoms with van der Waals surface area (Å²) in [6, 6.07) is 0. The van der Waals surface area contributed by atoms with E-state index in [1.54, 1.807) is 0 Å². The van der Waals surface area contributed by atoms with Gasteiger partial charge in [0.2, 0.25) is 0 Å². The van der Waals surface area contributed by atoms with Gasteiger partial charge in [-0.3, -0.25) is 0 Å². The maximum atomic E-state index is 10.2. The van der Waals surface area contributed by atoms with E-state index in [0.29, 0.717) is 5.92 Å². The molecule has 1 N–H and O–H groups in total. The minimum absolute atomic E-state index is 0.0983. The first-order valence-electron chi connectivity index (χ1n) is 6.45. The van der Waals surface area contributed by atoms with E-state index in [0.717, 1.165) is 19.3 Å². The van der Waals surface area contributed by atoms with Gasteiger partial charge in [0.25, 0.3) is 0 Å². The lowest BCUT2D eigenvalue weighted by Crippen LogP contribution is -2.27. The fourth-order valence-electron chi connectivity index (χ4n) is 2.05. The van der Waals surface area contributed by atoms with Gasteiger partial charge in [0.15, 0.2) is 0 Å². The van der Waals surface area contributed by atoms with Crippen LogP contribution >= 0.6 is 0 Å². The highest BCUT2D eigenvalue weighted by Crippen LogP contribution is 2.28. The fourth-order valence-corrected chi connectivity index (χ4v) is 2.05. The molecule has 2 unspecified atom stereocenters. The second-order valence-electron chi connectivity index (χ2n) is 5.84. The van der Waals surface area contributed by atoms with Crippen molar-refractivity contribution in [2.45, 2.75) is 59.5 Å². The molecule has 0 saturated carbocycles. The van der Waals surface area contributed by atoms with Gasteiger partial charge in [-0.2, -0.15) is 0 Å². The van der Waals surface area contributed by atoms with Crippen molar-refractivity contribution < 1.29 is 5.11 Å². The topological polar surface area (TPSA) is 20.2 Å². The first-order valence-corrected chi connectivity index (χ1v) is 6.45. The van der Waals surface area contributed by atoms with Crippen LogP contribution in [-0.4, -0.2) is 11.2 Å². The highest BCUT2D eigenvalue weighted by Gasteiger charge is 2.24. The maximum Gasteiger partial charge on any atom is 0.0628 e. The molecular formula is C15H26O. The Kier molecular flexibility index (Phi) is 4.79. The molecule has 1 aliphatic carbocycles. The average molecular weight is 222 g/mol. The van der Waals surface area contributed by atoms with Gasteiger partial charge in [0, 0.05) is 5.41 Å². The van der Waals surface area contributed by atoms with Gasteiger partial charge in [-0.1, -0.05) is 44.6 Å². The standard InChI is InChI=1S/C15H26O/c1-12-6-5-7-13(2)10-11-15(3,4)14(16)9-8-12/h6,10-11,13-14,16H,5,7-9H2,1-4H3. The van der Waals surface area contributed by atoms with E-state index in [4.69, 9.17) is 0 Å². The van der Waals surface area contributed by atoms with Crippen molar-refractivity contribution in [1.29, 1.82) is 0 Å². The summed E-state index contributed by atoms with van der Waals surface area (Å²) in [5.74, 6) is 0.605. The summed E-state index contributed by atoms with van der Waals surface area (Å²) in [4.78, 5) is 0. The Morgan fingerprint density at radius 2 is 2.00 bits per heavy atom. The smallest absolute Gasteiger partial charge is 0.0628 e. The van der Waals surface area contributed by atoms with E-state index in [1.807, 2.05) is 0 Å². The molecule has 0 aromatic carbocycles. The van der Waals surface area contributed by atoms with E-state index in [-0.39, 0.29) is 11.5 Å². The molecule has 0 heterocycles. The van der Waals surface area contributed by atoms with Gasteiger partial charge in [-0.25, -0.2) is 0 Å². The van der Waals surface area contributed by atoms with E-state index < -0.39 is 0 Å². The van der Waals surface area contributed by atoms with Crippen LogP contribution < -0.4 is 0 Å². The summed E-state index contributed by atoms with van der Waals surface area (Å²) in [6.45, 7) is 8.67. The van der Waals surface area contributed by atoms with Crippen LogP contribution in [0, 0.1) is 11.3 Å². The van der Waals surface area contributed by atoms with Crippen LogP contribution in [0.15, 0.2) is 23.8 Å². The van der Waals surface area contributed by atoms with Crippen LogP contribution in [-0.2, 0) is 0 Å². The molecule has 0 radical (unpaired) electrons. The molecule has 1 aliphatic rings. The van der Waals surface area contributed by atoms with Gasteiger partial charge in [-0.15, -0.1) is 0 Å². The zero-order chi connectivity index (χ0) is 12.2. The minimum atomic E-state index is -0.239. The highest BCUT2D eigenvalue weighted by molar-refractivity contribution is 5.05. The van der Waals surface area contributed by atoms with Crippen molar-refractivity contribution in [3.63, 3.8) is 0 Å². The lowest BCUT2D eigenvalue weighted by atomic mass is 9.82. The third-order valence-electron chi connectivity index (χ3n) is 3.64. The molecule has 16 heavy (non-hydrogen) atoms. The normalized spacial score (nSPS) is 31.7. The van der Waals surface area contributed by atoms with Gasteiger partial charge in [0.1, 0.15) is 0 Å². The van der Waals surface area contributed by atoms with Crippen molar-refractivity contribution in [3.8, 4) is 0 Å². The Labute approximate surface area is 100 Å². The first kappa shape index (κ1) is 13.5. The summed E-state index contributed by atoms with van der Waals surface area (Å²) in [6.07, 6.45) is 10.8. The molecule has 1 rings (SSSR count). The SMILES string of the molecule is CC1=CCCC(C)C=CC(C)(C)C(O)CC1. The first-order chi connectivity index (χ1) is 7.42. The molecule has 0 aromatic rings. The van der Waals surface area contributed by atoms with Crippen molar-refractivity contribution in [1.82, 2.24) is 0 Å². The quantitative estimate of drug-likeness (QED) is 0.612. The molecule has 1 nitrogen and oxygen atoms in total. The van der Waals surface area contributed by atoms with Gasteiger partial charge >= 0.3 is 0 Å². The van der Waals surface area contributed by atoms with Gasteiger partial charge in [0.05, 0.1) is 6.10 Å². The third-order valence-corrected chi connectivity index (χ3v) is 3.64. The molecule has 0 bridgehead atoms. The second-order valence-corrected chi connectivity index (χ2v) is 5.84. The molecule has 0 saturated heterocycles. The van der Waals surface area contributed by atoms with Gasteiger partial charge in [-0.05, 0) is 38.5 Å². The predicted molar refractivity (Wildman–Crippen MR) is 70.3 cm³/mol. The minimum Gasteiger partial charge on any atom is -0.392 e. The summed E-state index contributed by atoms with van der Waals surface area (Å²) in [5, 5.41) is 10.2. The largest absolute Gasteiger partial charge is 0.392 e. The number of hydrogen-bond acceptors (Lipinski definition) is 1. The fraction of sp³-hybridized carbons (Fsp3) is 0.733. The Bertz CT molecular complexity index is 273. The number of rotatable bonds is 0. The van der Waals surface area contributed by atoms with Crippen LogP contribution in [0.4, 0.5) is 0 Å². The summed E-state index contributed by atoms with van der Waals surface area (Å²) in [7, 11) is 0. The Morgan fingerprint density at radius 3 is 2.69 bits per heavy atom. The van der Waals surface area contributed by atoms with E-state index >= 15 is 0 Å². The van der Waals surface area contributed by atoms with Crippen LogP contribution in [0.5, 0.6) is 0 Å². The zero-order valence-electron chi connectivity index (χ0n) is 11.2. The van der Waals surface area contributed by atoms with Crippen molar-refractivity contribution >= 4 is 0 Å². The highest BCUT2D eigenvalue weighted by atomic mass is 16.3. The number of allylic oxidation sites excluding steroid dienone is 3. The lowest BCUT2D eigenvalue weighted by Gasteiger charge is -2.27. The molecule has 1 heteroatoms. The van der Waals surface area contributed by atoms with Gasteiger partial charge < -0.3 is 5.11 Å². The predicted octanol–water partition coefficient (Wildman–Crippen LogP) is 4.09. The molecule has 92 valence electrons. The summed E-state index contributed by atoms with van der Waals surface area (Å²) >= 11 is 0. The van der Waals surface area contributed by atoms with E-state index in [1.165, 1.54) is 12.0 Å². The molecular weight excluding hydrogens is 196 g/mol. The van der Waals surface area contributed by atoms with Crippen molar-refractivity contribution in [2.24, 2.45) is 11.3 Å². The molecule has 0 aromatic heterocycles. The van der Waals surface area contributed by atoms with Crippen molar-refractivity contribution in [2.75, 3.05) is 0 Å². The summed E-state index contributed by atoms with van der Waals surface area (Å²) in [5.41, 5.74) is 1.32. The zero-order valence-corrected chi connectivity index (χ0v) is 11.2. The number of hydrogen-bond donors (Lipinski definition) is 1. The molecule has 0 fully saturated rings. The Balaban J connectivity index is 2.80. The molecule has 0 amide bonds. The van der Waals surface area contributed by atoms with Crippen LogP contribution in [0.3, 0.4) is 0 Å². The monoisotopic (exact) mass is 222 g/mol. The van der Waals surface area contributed by atoms with Crippen LogP contribution in [0.25, 0.3) is 0 Å². The number of aliphatic hydroxyl groups is 1. The number of aliphatic hydroxyl groups excluding tert-OH is 1. The van der Waals surface area contributed by atoms with Crippen LogP contribution in [0.2, 0.25) is 0 Å². The second kappa shape index (κ2) is 5.67. The Morgan fingerprint density at radius 1 is 1.31 bits per heavy atom. The lowest BCUT2D eigenvalue weighted by molar-refractivity contribution is 0.0740. The molecule has 2 atom stereocenters. The van der Waals surface area contributed by atoms with E-state index in [2.05, 4.69) is 45.9 Å². The molecule has 0 spiro atoms. The van der Waals surface area contributed by atoms with Crippen molar-refractivity contribution in [3.05, 3.63) is 23.8 Å². The Hall–Kier alpha value is -0.560. The maximum absolute atomic E-state index is 10.2. The summed E-state index contributed by atoms with van der Waals surface area (Å²) < 4.78 is 0. The third kappa shape index (κ3) is 4.13.